The van der Waals surface area contributed by atoms with Gasteiger partial charge in [0.05, 0.1) is 43.0 Å². The van der Waals surface area contributed by atoms with E-state index in [-0.39, 0.29) is 18.3 Å². The number of thioether (sulfide) groups is 1. The minimum atomic E-state index is -0.491. The molecular formula is C31H32N4O6S. The average molecular weight is 589 g/mol. The second kappa shape index (κ2) is 12.3. The Balaban J connectivity index is 1.33. The lowest BCUT2D eigenvalue weighted by atomic mass is 10.2. The van der Waals surface area contributed by atoms with Crippen LogP contribution in [0.4, 0.5) is 11.4 Å². The molecule has 2 aliphatic rings. The summed E-state index contributed by atoms with van der Waals surface area (Å²) in [6, 6.07) is 18.7. The highest BCUT2D eigenvalue weighted by atomic mass is 32.2. The van der Waals surface area contributed by atoms with Gasteiger partial charge in [0.1, 0.15) is 5.75 Å². The van der Waals surface area contributed by atoms with Crippen LogP contribution in [0.15, 0.2) is 70.6 Å². The molecule has 1 aromatic heterocycles. The van der Waals surface area contributed by atoms with Crippen LogP contribution in [0.1, 0.15) is 18.9 Å². The van der Waals surface area contributed by atoms with E-state index in [1.54, 1.807) is 29.9 Å². The summed E-state index contributed by atoms with van der Waals surface area (Å²) in [7, 11) is 1.62. The zero-order valence-electron chi connectivity index (χ0n) is 23.5. The molecule has 10 nitrogen and oxygen atoms in total. The molecule has 3 heterocycles. The summed E-state index contributed by atoms with van der Waals surface area (Å²) in [5, 5.41) is 3.51. The lowest BCUT2D eigenvalue weighted by Crippen LogP contribution is -2.36. The number of methoxy groups -OCH3 is 1. The molecule has 1 fully saturated rings. The lowest BCUT2D eigenvalue weighted by Gasteiger charge is -2.29. The fourth-order valence-electron chi connectivity index (χ4n) is 5.00. The summed E-state index contributed by atoms with van der Waals surface area (Å²) in [5.74, 6) is 1.79. The molecule has 11 heteroatoms. The number of hydrogen-bond donors (Lipinski definition) is 1. The minimum absolute atomic E-state index is 0.153. The van der Waals surface area contributed by atoms with E-state index in [2.05, 4.69) is 10.2 Å². The van der Waals surface area contributed by atoms with Crippen molar-refractivity contribution in [2.24, 2.45) is 0 Å². The maximum Gasteiger partial charge on any atom is 0.262 e. The first-order chi connectivity index (χ1) is 20.5. The van der Waals surface area contributed by atoms with E-state index in [1.165, 1.54) is 11.8 Å². The monoisotopic (exact) mass is 588 g/mol. The molecule has 1 amide bonds. The summed E-state index contributed by atoms with van der Waals surface area (Å²) < 4.78 is 23.3. The van der Waals surface area contributed by atoms with E-state index < -0.39 is 5.25 Å². The quantitative estimate of drug-likeness (QED) is 0.223. The molecule has 3 aromatic carbocycles. The fourth-order valence-corrected chi connectivity index (χ4v) is 6.01. The first kappa shape index (κ1) is 27.9. The Morgan fingerprint density at radius 2 is 1.83 bits per heavy atom. The molecule has 0 unspecified atom stereocenters. The van der Waals surface area contributed by atoms with Crippen molar-refractivity contribution in [1.82, 2.24) is 9.55 Å². The fraction of sp³-hybridized carbons (Fsp3) is 0.323. The minimum Gasteiger partial charge on any atom is -0.497 e. The van der Waals surface area contributed by atoms with Crippen LogP contribution in [0, 0.1) is 0 Å². The van der Waals surface area contributed by atoms with E-state index in [4.69, 9.17) is 23.9 Å². The SMILES string of the molecule is CC[C@H](Sc1nc2ccc(N3CCOCC3)cc2c(=O)n1Cc1ccc(OC)cc1)C(=O)Nc1ccc2c(c1)OCO2. The first-order valence-electron chi connectivity index (χ1n) is 13.9. The number of morpholine rings is 1. The maximum atomic E-state index is 14.1. The summed E-state index contributed by atoms with van der Waals surface area (Å²) >= 11 is 1.29. The Labute approximate surface area is 247 Å². The van der Waals surface area contributed by atoms with Crippen molar-refractivity contribution in [3.05, 3.63) is 76.6 Å². The van der Waals surface area contributed by atoms with Gasteiger partial charge in [-0.3, -0.25) is 14.2 Å². The molecule has 42 heavy (non-hydrogen) atoms. The van der Waals surface area contributed by atoms with Crippen LogP contribution < -0.4 is 30.0 Å². The number of benzene rings is 3. The third kappa shape index (κ3) is 5.88. The Kier molecular flexibility index (Phi) is 8.20. The lowest BCUT2D eigenvalue weighted by molar-refractivity contribution is -0.115. The zero-order valence-corrected chi connectivity index (χ0v) is 24.3. The molecule has 2 aliphatic heterocycles. The van der Waals surface area contributed by atoms with Gasteiger partial charge in [0.2, 0.25) is 12.7 Å². The molecule has 0 aliphatic carbocycles. The van der Waals surface area contributed by atoms with Gasteiger partial charge >= 0.3 is 0 Å². The maximum absolute atomic E-state index is 14.1. The Morgan fingerprint density at radius 1 is 1.05 bits per heavy atom. The highest BCUT2D eigenvalue weighted by Crippen LogP contribution is 2.35. The molecule has 0 radical (unpaired) electrons. The number of hydrogen-bond acceptors (Lipinski definition) is 9. The van der Waals surface area contributed by atoms with Gasteiger partial charge in [-0.05, 0) is 54.4 Å². The molecule has 1 saturated heterocycles. The molecule has 218 valence electrons. The van der Waals surface area contributed by atoms with Gasteiger partial charge in [-0.25, -0.2) is 4.98 Å². The molecule has 0 bridgehead atoms. The van der Waals surface area contributed by atoms with E-state index >= 15 is 0 Å². The number of anilines is 2. The number of rotatable bonds is 9. The second-order valence-corrected chi connectivity index (χ2v) is 11.2. The molecule has 0 saturated carbocycles. The number of carbonyl (C=O) groups is 1. The third-order valence-corrected chi connectivity index (χ3v) is 8.68. The van der Waals surface area contributed by atoms with E-state index in [0.29, 0.717) is 59.4 Å². The van der Waals surface area contributed by atoms with Crippen molar-refractivity contribution in [2.45, 2.75) is 30.3 Å². The van der Waals surface area contributed by atoms with Crippen LogP contribution in [-0.4, -0.2) is 60.9 Å². The van der Waals surface area contributed by atoms with Gasteiger partial charge in [0.25, 0.3) is 5.56 Å². The van der Waals surface area contributed by atoms with Crippen LogP contribution >= 0.6 is 11.8 Å². The second-order valence-electron chi connectivity index (χ2n) is 10.0. The van der Waals surface area contributed by atoms with E-state index in [1.807, 2.05) is 49.4 Å². The van der Waals surface area contributed by atoms with E-state index in [0.717, 1.165) is 30.1 Å². The van der Waals surface area contributed by atoms with Gasteiger partial charge < -0.3 is 29.2 Å². The molecule has 4 aromatic rings. The number of nitrogens with one attached hydrogen (secondary N) is 1. The van der Waals surface area contributed by atoms with Crippen LogP contribution in [0.3, 0.4) is 0 Å². The van der Waals surface area contributed by atoms with Crippen molar-refractivity contribution >= 4 is 39.9 Å². The van der Waals surface area contributed by atoms with Crippen molar-refractivity contribution in [3.63, 3.8) is 0 Å². The summed E-state index contributed by atoms with van der Waals surface area (Å²) in [6.07, 6.45) is 0.535. The first-order valence-corrected chi connectivity index (χ1v) is 14.8. The van der Waals surface area contributed by atoms with Crippen LogP contribution in [0.25, 0.3) is 10.9 Å². The highest BCUT2D eigenvalue weighted by molar-refractivity contribution is 8.00. The number of carbonyl (C=O) groups excluding carboxylic acids is 1. The standard InChI is InChI=1S/C31H32N4O6S/c1-3-28(29(36)32-21-6-11-26-27(16-21)41-19-40-26)42-31-33-25-10-7-22(34-12-14-39-15-13-34)17-24(25)30(37)35(31)18-20-4-8-23(38-2)9-5-20/h4-11,16-17,28H,3,12-15,18-19H2,1-2H3,(H,32,36)/t28-/m0/s1. The number of nitrogens with zero attached hydrogens (tertiary/aromatic N) is 3. The summed E-state index contributed by atoms with van der Waals surface area (Å²) in [6.45, 7) is 5.25. The topological polar surface area (TPSA) is 104 Å². The smallest absolute Gasteiger partial charge is 0.262 e. The molecule has 1 N–H and O–H groups in total. The normalized spacial score (nSPS) is 15.0. The molecule has 1 atom stereocenters. The number of aromatic nitrogens is 2. The Morgan fingerprint density at radius 3 is 2.60 bits per heavy atom. The predicted octanol–water partition coefficient (Wildman–Crippen LogP) is 4.53. The number of amides is 1. The van der Waals surface area contributed by atoms with Gasteiger partial charge in [0.15, 0.2) is 16.7 Å². The third-order valence-electron chi connectivity index (χ3n) is 7.33. The van der Waals surface area contributed by atoms with Crippen LogP contribution in [-0.2, 0) is 16.1 Å². The van der Waals surface area contributed by atoms with Crippen molar-refractivity contribution in [2.75, 3.05) is 50.4 Å². The van der Waals surface area contributed by atoms with E-state index in [9.17, 15) is 9.59 Å². The van der Waals surface area contributed by atoms with Crippen LogP contribution in [0.5, 0.6) is 17.2 Å². The highest BCUT2D eigenvalue weighted by Gasteiger charge is 2.24. The van der Waals surface area contributed by atoms with Crippen molar-refractivity contribution < 1.29 is 23.7 Å². The Bertz CT molecular complexity index is 1650. The van der Waals surface area contributed by atoms with Gasteiger partial charge in [-0.2, -0.15) is 0 Å². The predicted molar refractivity (Wildman–Crippen MR) is 162 cm³/mol. The molecule has 6 rings (SSSR count). The van der Waals surface area contributed by atoms with Crippen molar-refractivity contribution in [3.8, 4) is 17.2 Å². The largest absolute Gasteiger partial charge is 0.497 e. The Hall–Kier alpha value is -4.22. The summed E-state index contributed by atoms with van der Waals surface area (Å²) in [4.78, 5) is 34.6. The summed E-state index contributed by atoms with van der Waals surface area (Å²) in [5.41, 5.74) is 2.94. The van der Waals surface area contributed by atoms with Crippen LogP contribution in [0.2, 0.25) is 0 Å². The van der Waals surface area contributed by atoms with Gasteiger partial charge in [-0.15, -0.1) is 0 Å². The average Bonchev–Trinajstić information content (AvgIpc) is 3.50. The van der Waals surface area contributed by atoms with Gasteiger partial charge in [-0.1, -0.05) is 30.8 Å². The number of fused-ring (bicyclic) bond motifs is 2. The zero-order chi connectivity index (χ0) is 29.1. The van der Waals surface area contributed by atoms with Crippen molar-refractivity contribution in [1.29, 1.82) is 0 Å². The number of ether oxygens (including phenoxy) is 4. The molecular weight excluding hydrogens is 556 g/mol. The molecule has 0 spiro atoms. The van der Waals surface area contributed by atoms with Gasteiger partial charge in [0, 0.05) is 30.5 Å².